The Kier molecular flexibility index (Phi) is 6.19. The molecular weight excluding hydrogens is 328 g/mol. The van der Waals surface area contributed by atoms with Crippen molar-refractivity contribution >= 4 is 17.5 Å². The van der Waals surface area contributed by atoms with Gasteiger partial charge in [-0.15, -0.1) is 0 Å². The summed E-state index contributed by atoms with van der Waals surface area (Å²) in [5.41, 5.74) is 1.33. The van der Waals surface area contributed by atoms with Crippen molar-refractivity contribution in [3.8, 4) is 11.8 Å². The summed E-state index contributed by atoms with van der Waals surface area (Å²) in [6.45, 7) is 1.49. The van der Waals surface area contributed by atoms with Crippen molar-refractivity contribution in [3.63, 3.8) is 0 Å². The lowest BCUT2D eigenvalue weighted by Crippen LogP contribution is -2.38. The molecule has 0 bridgehead atoms. The first-order valence-corrected chi connectivity index (χ1v) is 7.73. The lowest BCUT2D eigenvalue weighted by Gasteiger charge is -2.18. The number of carbonyl (C=O) groups is 1. The van der Waals surface area contributed by atoms with E-state index >= 15 is 0 Å². The summed E-state index contributed by atoms with van der Waals surface area (Å²) in [7, 11) is 0. The first-order chi connectivity index (χ1) is 11.5. The average Bonchev–Trinajstić information content (AvgIpc) is 2.60. The van der Waals surface area contributed by atoms with Crippen LogP contribution in [0.3, 0.4) is 0 Å². The van der Waals surface area contributed by atoms with Crippen LogP contribution in [0.4, 0.5) is 0 Å². The number of benzene rings is 2. The molecule has 2 aromatic rings. The Bertz CT molecular complexity index is 741. The van der Waals surface area contributed by atoms with Crippen molar-refractivity contribution in [2.75, 3.05) is 0 Å². The van der Waals surface area contributed by atoms with Gasteiger partial charge in [0.15, 0.2) is 6.10 Å². The molecule has 0 fully saturated rings. The SMILES string of the molecule is CC(Oc1cccc(CO)c1)C(=O)NC(C#N)c1ccc(Cl)cc1. The standard InChI is InChI=1S/C18H17ClN2O3/c1-12(24-16-4-2-3-13(9-16)11-22)18(23)21-17(10-20)14-5-7-15(19)8-6-14/h2-9,12,17,22H,11H2,1H3,(H,21,23). The van der Waals surface area contributed by atoms with E-state index in [2.05, 4.69) is 5.32 Å². The molecule has 2 rings (SSSR count). The third-order valence-corrected chi connectivity index (χ3v) is 3.63. The molecule has 0 spiro atoms. The second-order valence-corrected chi connectivity index (χ2v) is 5.62. The van der Waals surface area contributed by atoms with E-state index in [1.165, 1.54) is 0 Å². The summed E-state index contributed by atoms with van der Waals surface area (Å²) in [4.78, 5) is 12.2. The maximum absolute atomic E-state index is 12.2. The summed E-state index contributed by atoms with van der Waals surface area (Å²) in [5.74, 6) is 0.0649. The van der Waals surface area contributed by atoms with E-state index in [1.54, 1.807) is 55.5 Å². The number of rotatable bonds is 6. The van der Waals surface area contributed by atoms with Crippen LogP contribution in [0.25, 0.3) is 0 Å². The second kappa shape index (κ2) is 8.34. The van der Waals surface area contributed by atoms with E-state index in [1.807, 2.05) is 6.07 Å². The number of nitriles is 1. The number of ether oxygens (including phenoxy) is 1. The zero-order valence-corrected chi connectivity index (χ0v) is 13.8. The maximum atomic E-state index is 12.2. The molecular formula is C18H17ClN2O3. The highest BCUT2D eigenvalue weighted by molar-refractivity contribution is 6.30. The highest BCUT2D eigenvalue weighted by Crippen LogP contribution is 2.18. The van der Waals surface area contributed by atoms with Gasteiger partial charge in [-0.3, -0.25) is 4.79 Å². The van der Waals surface area contributed by atoms with Crippen LogP contribution in [-0.2, 0) is 11.4 Å². The molecule has 0 saturated carbocycles. The van der Waals surface area contributed by atoms with Crippen LogP contribution in [0.5, 0.6) is 5.75 Å². The Morgan fingerprint density at radius 3 is 2.67 bits per heavy atom. The normalized spacial score (nSPS) is 12.8. The van der Waals surface area contributed by atoms with Gasteiger partial charge in [0.2, 0.25) is 0 Å². The molecule has 2 atom stereocenters. The smallest absolute Gasteiger partial charge is 0.262 e. The molecule has 5 nitrogen and oxygen atoms in total. The number of aliphatic hydroxyl groups is 1. The van der Waals surface area contributed by atoms with E-state index in [9.17, 15) is 10.1 Å². The third kappa shape index (κ3) is 4.72. The van der Waals surface area contributed by atoms with E-state index in [-0.39, 0.29) is 6.61 Å². The zero-order chi connectivity index (χ0) is 17.5. The fourth-order valence-electron chi connectivity index (χ4n) is 2.08. The van der Waals surface area contributed by atoms with Crippen LogP contribution >= 0.6 is 11.6 Å². The van der Waals surface area contributed by atoms with Crippen molar-refractivity contribution in [1.82, 2.24) is 5.32 Å². The Labute approximate surface area is 145 Å². The van der Waals surface area contributed by atoms with Crippen LogP contribution < -0.4 is 10.1 Å². The van der Waals surface area contributed by atoms with Gasteiger partial charge in [0.05, 0.1) is 12.7 Å². The Morgan fingerprint density at radius 1 is 1.33 bits per heavy atom. The number of carbonyl (C=O) groups excluding carboxylic acids is 1. The van der Waals surface area contributed by atoms with Crippen molar-refractivity contribution in [2.24, 2.45) is 0 Å². The third-order valence-electron chi connectivity index (χ3n) is 3.38. The van der Waals surface area contributed by atoms with Crippen LogP contribution in [0.2, 0.25) is 5.02 Å². The first-order valence-electron chi connectivity index (χ1n) is 7.35. The summed E-state index contributed by atoms with van der Waals surface area (Å²) in [6.07, 6.45) is -0.790. The van der Waals surface area contributed by atoms with E-state index in [0.29, 0.717) is 21.9 Å². The van der Waals surface area contributed by atoms with Gasteiger partial charge in [0.25, 0.3) is 5.91 Å². The molecule has 2 unspecified atom stereocenters. The Hall–Kier alpha value is -2.55. The highest BCUT2D eigenvalue weighted by Gasteiger charge is 2.20. The molecule has 6 heteroatoms. The van der Waals surface area contributed by atoms with Gasteiger partial charge in [0, 0.05) is 5.02 Å². The predicted molar refractivity (Wildman–Crippen MR) is 90.4 cm³/mol. The number of nitrogens with zero attached hydrogens (tertiary/aromatic N) is 1. The minimum atomic E-state index is -0.790. The van der Waals surface area contributed by atoms with Crippen molar-refractivity contribution < 1.29 is 14.6 Å². The number of halogens is 1. The summed E-state index contributed by atoms with van der Waals surface area (Å²) >= 11 is 5.82. The molecule has 0 aliphatic heterocycles. The number of aliphatic hydroxyl groups excluding tert-OH is 1. The molecule has 24 heavy (non-hydrogen) atoms. The fourth-order valence-corrected chi connectivity index (χ4v) is 2.21. The van der Waals surface area contributed by atoms with Crippen LogP contribution in [0.15, 0.2) is 48.5 Å². The molecule has 0 aliphatic rings. The summed E-state index contributed by atoms with van der Waals surface area (Å²) in [6, 6.07) is 14.8. The molecule has 2 aromatic carbocycles. The summed E-state index contributed by atoms with van der Waals surface area (Å²) in [5, 5.41) is 21.6. The predicted octanol–water partition coefficient (Wildman–Crippen LogP) is 2.98. The topological polar surface area (TPSA) is 82.3 Å². The van der Waals surface area contributed by atoms with Crippen molar-refractivity contribution in [2.45, 2.75) is 25.7 Å². The number of nitrogens with one attached hydrogen (secondary N) is 1. The largest absolute Gasteiger partial charge is 0.481 e. The van der Waals surface area contributed by atoms with Gasteiger partial charge in [0.1, 0.15) is 11.8 Å². The summed E-state index contributed by atoms with van der Waals surface area (Å²) < 4.78 is 5.57. The first kappa shape index (κ1) is 17.8. The minimum Gasteiger partial charge on any atom is -0.481 e. The van der Waals surface area contributed by atoms with Gasteiger partial charge in [-0.2, -0.15) is 5.26 Å². The van der Waals surface area contributed by atoms with E-state index in [0.717, 1.165) is 0 Å². The number of amides is 1. The van der Waals surface area contributed by atoms with E-state index < -0.39 is 18.1 Å². The number of hydrogen-bond donors (Lipinski definition) is 2. The molecule has 124 valence electrons. The molecule has 0 heterocycles. The van der Waals surface area contributed by atoms with Crippen molar-refractivity contribution in [1.29, 1.82) is 5.26 Å². The lowest BCUT2D eigenvalue weighted by atomic mass is 10.1. The average molecular weight is 345 g/mol. The molecule has 0 aromatic heterocycles. The zero-order valence-electron chi connectivity index (χ0n) is 13.1. The fraction of sp³-hybridized carbons (Fsp3) is 0.222. The van der Waals surface area contributed by atoms with Crippen LogP contribution in [0, 0.1) is 11.3 Å². The Morgan fingerprint density at radius 2 is 2.04 bits per heavy atom. The maximum Gasteiger partial charge on any atom is 0.262 e. The van der Waals surface area contributed by atoms with Gasteiger partial charge >= 0.3 is 0 Å². The quantitative estimate of drug-likeness (QED) is 0.844. The molecule has 0 aliphatic carbocycles. The minimum absolute atomic E-state index is 0.106. The van der Waals surface area contributed by atoms with Crippen molar-refractivity contribution in [3.05, 3.63) is 64.7 Å². The van der Waals surface area contributed by atoms with Crippen LogP contribution in [-0.4, -0.2) is 17.1 Å². The molecule has 2 N–H and O–H groups in total. The lowest BCUT2D eigenvalue weighted by molar-refractivity contribution is -0.127. The van der Waals surface area contributed by atoms with Crippen LogP contribution in [0.1, 0.15) is 24.1 Å². The molecule has 0 radical (unpaired) electrons. The molecule has 0 saturated heterocycles. The van der Waals surface area contributed by atoms with Gasteiger partial charge in [-0.05, 0) is 42.3 Å². The monoisotopic (exact) mass is 344 g/mol. The second-order valence-electron chi connectivity index (χ2n) is 5.19. The van der Waals surface area contributed by atoms with Gasteiger partial charge < -0.3 is 15.2 Å². The van der Waals surface area contributed by atoms with Gasteiger partial charge in [-0.1, -0.05) is 35.9 Å². The number of hydrogen-bond acceptors (Lipinski definition) is 4. The van der Waals surface area contributed by atoms with Gasteiger partial charge in [-0.25, -0.2) is 0 Å². The Balaban J connectivity index is 2.01. The van der Waals surface area contributed by atoms with E-state index in [4.69, 9.17) is 21.4 Å². The molecule has 1 amide bonds. The highest BCUT2D eigenvalue weighted by atomic mass is 35.5.